The summed E-state index contributed by atoms with van der Waals surface area (Å²) in [5, 5.41) is 15.2. The van der Waals surface area contributed by atoms with Gasteiger partial charge in [-0.15, -0.1) is 0 Å². The average Bonchev–Trinajstić information content (AvgIpc) is 1.37. The van der Waals surface area contributed by atoms with Crippen molar-refractivity contribution in [3.8, 4) is 0 Å². The summed E-state index contributed by atoms with van der Waals surface area (Å²) in [4.78, 5) is 0. The Balaban J connectivity index is 0. The van der Waals surface area contributed by atoms with Gasteiger partial charge in [-0.1, -0.05) is 0 Å². The van der Waals surface area contributed by atoms with E-state index in [1.54, 1.807) is 0 Å². The summed E-state index contributed by atoms with van der Waals surface area (Å²) >= 11 is 0. The molecule has 0 aliphatic rings. The predicted octanol–water partition coefficient (Wildman–Crippen LogP) is -1.03. The van der Waals surface area contributed by atoms with Crippen molar-refractivity contribution >= 4 is 0 Å². The van der Waals surface area contributed by atoms with E-state index in [0.717, 1.165) is 0 Å². The van der Waals surface area contributed by atoms with Crippen LogP contribution in [0.15, 0.2) is 0 Å². The van der Waals surface area contributed by atoms with Crippen LogP contribution in [-0.2, 0) is 21.1 Å². The Morgan fingerprint density at radius 2 is 1.20 bits per heavy atom. The molecule has 0 aromatic rings. The van der Waals surface area contributed by atoms with Crippen LogP contribution in [0, 0.1) is 0 Å². The molecule has 0 radical (unpaired) electrons. The monoisotopic (exact) mass is 160 g/mol. The normalized spacial score (nSPS) is 6.00. The molecule has 0 bridgehead atoms. The van der Waals surface area contributed by atoms with Crippen molar-refractivity contribution in [3.05, 3.63) is 0 Å². The summed E-state index contributed by atoms with van der Waals surface area (Å²) in [6.45, 7) is -0.250. The molecule has 0 saturated carbocycles. The largest absolute Gasteiger partial charge is 0.394 e. The molecule has 0 heterocycles. The first-order valence-electron chi connectivity index (χ1n) is 1.13. The molecule has 0 aliphatic heterocycles. The van der Waals surface area contributed by atoms with E-state index in [1.165, 1.54) is 0 Å². The molecule has 0 atom stereocenters. The quantitative estimate of drug-likeness (QED) is 0.479. The van der Waals surface area contributed by atoms with Gasteiger partial charge in [0.25, 0.3) is 0 Å². The molecule has 0 aromatic heterocycles. The Morgan fingerprint density at radius 1 is 1.00 bits per heavy atom. The van der Waals surface area contributed by atoms with E-state index in [2.05, 4.69) is 0 Å². The van der Waals surface area contributed by atoms with Gasteiger partial charge >= 0.3 is 0 Å². The number of aliphatic hydroxyl groups is 2. The Bertz CT molecular complexity index is 9.61. The smallest absolute Gasteiger partial charge is 0.0662 e. The minimum atomic E-state index is -0.125. The predicted molar refractivity (Wildman–Crippen MR) is 14.2 cm³/mol. The Hall–Kier alpha value is 0.608. The van der Waals surface area contributed by atoms with Gasteiger partial charge in [-0.2, -0.15) is 0 Å². The first kappa shape index (κ1) is 9.15. The average molecular weight is 158 g/mol. The summed E-state index contributed by atoms with van der Waals surface area (Å²) in [5.41, 5.74) is 0. The van der Waals surface area contributed by atoms with Crippen molar-refractivity contribution in [3.63, 3.8) is 0 Å². The molecule has 32 valence electrons. The minimum absolute atomic E-state index is 0. The van der Waals surface area contributed by atoms with Crippen molar-refractivity contribution < 1.29 is 31.3 Å². The number of hydrogen-bond donors (Lipinski definition) is 2. The molecule has 0 unspecified atom stereocenters. The molecule has 2 nitrogen and oxygen atoms in total. The van der Waals surface area contributed by atoms with E-state index < -0.39 is 0 Å². The van der Waals surface area contributed by atoms with Gasteiger partial charge in [-0.25, -0.2) is 0 Å². The van der Waals surface area contributed by atoms with Crippen molar-refractivity contribution in [2.75, 3.05) is 13.2 Å². The second-order valence-corrected chi connectivity index (χ2v) is 0.447. The van der Waals surface area contributed by atoms with E-state index >= 15 is 0 Å². The molecule has 0 aromatic carbocycles. The van der Waals surface area contributed by atoms with Crippen molar-refractivity contribution in [1.29, 1.82) is 0 Å². The number of rotatable bonds is 1. The second-order valence-electron chi connectivity index (χ2n) is 0.447. The van der Waals surface area contributed by atoms with Crippen molar-refractivity contribution in [1.82, 2.24) is 0 Å². The molecule has 0 spiro atoms. The first-order valence-corrected chi connectivity index (χ1v) is 1.13. The van der Waals surface area contributed by atoms with Crippen molar-refractivity contribution in [2.45, 2.75) is 0 Å². The standard InChI is InChI=1S/C2H6O2.Mo/c3-1-2-4;/h3-4H,1-2H2;. The van der Waals surface area contributed by atoms with Crippen LogP contribution >= 0.6 is 0 Å². The number of aliphatic hydroxyl groups excluding tert-OH is 2. The topological polar surface area (TPSA) is 40.5 Å². The zero-order valence-corrected chi connectivity index (χ0v) is 4.72. The van der Waals surface area contributed by atoms with Crippen LogP contribution in [-0.4, -0.2) is 23.4 Å². The molecule has 2 N–H and O–H groups in total. The molecule has 5 heavy (non-hydrogen) atoms. The third-order valence-electron chi connectivity index (χ3n) is 0.1000. The Morgan fingerprint density at radius 3 is 1.20 bits per heavy atom. The summed E-state index contributed by atoms with van der Waals surface area (Å²) in [7, 11) is 0. The van der Waals surface area contributed by atoms with E-state index in [1.807, 2.05) is 0 Å². The van der Waals surface area contributed by atoms with Crippen LogP contribution in [0.3, 0.4) is 0 Å². The van der Waals surface area contributed by atoms with Crippen LogP contribution in [0.25, 0.3) is 0 Å². The van der Waals surface area contributed by atoms with Gasteiger partial charge in [0, 0.05) is 21.1 Å². The fourth-order valence-electron chi connectivity index (χ4n) is 0. The maximum atomic E-state index is 7.62. The number of hydrogen-bond acceptors (Lipinski definition) is 2. The molecule has 0 saturated heterocycles. The Labute approximate surface area is 45.1 Å². The van der Waals surface area contributed by atoms with Gasteiger partial charge in [0.15, 0.2) is 0 Å². The maximum absolute atomic E-state index is 7.62. The molecule has 0 aliphatic carbocycles. The van der Waals surface area contributed by atoms with Crippen LogP contribution in [0.5, 0.6) is 0 Å². The molecule has 3 heteroatoms. The first-order chi connectivity index (χ1) is 1.91. The fraction of sp³-hybridized carbons (Fsp3) is 1.00. The van der Waals surface area contributed by atoms with Gasteiger partial charge in [-0.05, 0) is 0 Å². The van der Waals surface area contributed by atoms with E-state index in [9.17, 15) is 0 Å². The summed E-state index contributed by atoms with van der Waals surface area (Å²) < 4.78 is 0. The van der Waals surface area contributed by atoms with Crippen LogP contribution in [0.2, 0.25) is 0 Å². The van der Waals surface area contributed by atoms with Crippen molar-refractivity contribution in [2.24, 2.45) is 0 Å². The summed E-state index contributed by atoms with van der Waals surface area (Å²) in [5.74, 6) is 0. The van der Waals surface area contributed by atoms with Gasteiger partial charge < -0.3 is 10.2 Å². The molecular formula is C2H6MoO2. The zero-order valence-electron chi connectivity index (χ0n) is 2.72. The SMILES string of the molecule is OCCO.[Mo]. The Kier molecular flexibility index (Phi) is 16.1. The van der Waals surface area contributed by atoms with E-state index in [0.29, 0.717) is 0 Å². The van der Waals surface area contributed by atoms with Crippen LogP contribution in [0.1, 0.15) is 0 Å². The molecule has 0 rings (SSSR count). The summed E-state index contributed by atoms with van der Waals surface area (Å²) in [6, 6.07) is 0. The van der Waals surface area contributed by atoms with E-state index in [4.69, 9.17) is 10.2 Å². The van der Waals surface area contributed by atoms with E-state index in [-0.39, 0.29) is 34.3 Å². The maximum Gasteiger partial charge on any atom is 0.0662 e. The van der Waals surface area contributed by atoms with Gasteiger partial charge in [-0.3, -0.25) is 0 Å². The molecular weight excluding hydrogens is 152 g/mol. The second kappa shape index (κ2) is 8.82. The minimum Gasteiger partial charge on any atom is -0.394 e. The van der Waals surface area contributed by atoms with Crippen LogP contribution < -0.4 is 0 Å². The summed E-state index contributed by atoms with van der Waals surface area (Å²) in [6.07, 6.45) is 0. The third kappa shape index (κ3) is 12.1. The third-order valence-corrected chi connectivity index (χ3v) is 0.1000. The van der Waals surface area contributed by atoms with Gasteiger partial charge in [0.05, 0.1) is 13.2 Å². The fourth-order valence-corrected chi connectivity index (χ4v) is 0. The van der Waals surface area contributed by atoms with Gasteiger partial charge in [0.1, 0.15) is 0 Å². The molecule has 0 fully saturated rings. The molecule has 0 amide bonds. The van der Waals surface area contributed by atoms with Crippen LogP contribution in [0.4, 0.5) is 0 Å². The zero-order chi connectivity index (χ0) is 3.41. The van der Waals surface area contributed by atoms with Gasteiger partial charge in [0.2, 0.25) is 0 Å².